The SMILES string of the molecule is COc1c(C=O)cccc1C(c1ccccc1)(c1ccccc1)c1ccccc1. The molecule has 0 heterocycles. The van der Waals surface area contributed by atoms with Gasteiger partial charge in [-0.05, 0) is 22.8 Å². The Kier molecular flexibility index (Phi) is 5.26. The minimum Gasteiger partial charge on any atom is -0.496 e. The molecule has 0 aliphatic rings. The average molecular weight is 378 g/mol. The van der Waals surface area contributed by atoms with E-state index < -0.39 is 5.41 Å². The second-order valence-electron chi connectivity index (χ2n) is 6.89. The van der Waals surface area contributed by atoms with Gasteiger partial charge in [-0.15, -0.1) is 0 Å². The molecule has 29 heavy (non-hydrogen) atoms. The fraction of sp³-hybridized carbons (Fsp3) is 0.0741. The number of rotatable bonds is 6. The molecule has 2 nitrogen and oxygen atoms in total. The minimum atomic E-state index is -0.631. The Hall–Kier alpha value is -3.65. The van der Waals surface area contributed by atoms with E-state index >= 15 is 0 Å². The molecule has 0 unspecified atom stereocenters. The number of para-hydroxylation sites is 1. The largest absolute Gasteiger partial charge is 0.496 e. The maximum absolute atomic E-state index is 11.8. The minimum absolute atomic E-state index is 0.539. The molecule has 2 heteroatoms. The summed E-state index contributed by atoms with van der Waals surface area (Å²) in [6, 6.07) is 36.9. The molecule has 142 valence electrons. The molecule has 4 aromatic rings. The molecule has 0 saturated heterocycles. The second kappa shape index (κ2) is 8.15. The molecular formula is C27H22O2. The first-order chi connectivity index (χ1) is 14.3. The van der Waals surface area contributed by atoms with Crippen molar-refractivity contribution in [1.82, 2.24) is 0 Å². The van der Waals surface area contributed by atoms with E-state index in [0.29, 0.717) is 11.3 Å². The van der Waals surface area contributed by atoms with Crippen LogP contribution in [-0.4, -0.2) is 13.4 Å². The van der Waals surface area contributed by atoms with Gasteiger partial charge in [0.2, 0.25) is 0 Å². The van der Waals surface area contributed by atoms with Crippen LogP contribution in [0.5, 0.6) is 5.75 Å². The Morgan fingerprint density at radius 1 is 0.621 bits per heavy atom. The predicted octanol–water partition coefficient (Wildman–Crippen LogP) is 5.89. The van der Waals surface area contributed by atoms with Crippen molar-refractivity contribution < 1.29 is 9.53 Å². The lowest BCUT2D eigenvalue weighted by atomic mass is 9.64. The summed E-state index contributed by atoms with van der Waals surface area (Å²) in [6.07, 6.45) is 0.855. The zero-order valence-corrected chi connectivity index (χ0v) is 16.3. The van der Waals surface area contributed by atoms with Gasteiger partial charge in [0.05, 0.1) is 18.1 Å². The molecule has 4 rings (SSSR count). The number of hydrogen-bond acceptors (Lipinski definition) is 2. The van der Waals surface area contributed by atoms with Crippen molar-refractivity contribution >= 4 is 6.29 Å². The summed E-state index contributed by atoms with van der Waals surface area (Å²) in [4.78, 5) is 11.8. The van der Waals surface area contributed by atoms with E-state index in [1.54, 1.807) is 13.2 Å². The third-order valence-corrected chi connectivity index (χ3v) is 5.40. The number of carbonyl (C=O) groups excluding carboxylic acids is 1. The molecule has 0 radical (unpaired) electrons. The van der Waals surface area contributed by atoms with E-state index in [1.807, 2.05) is 60.7 Å². The van der Waals surface area contributed by atoms with Crippen molar-refractivity contribution in [3.05, 3.63) is 137 Å². The molecule has 0 fully saturated rings. The van der Waals surface area contributed by atoms with Crippen LogP contribution in [0.1, 0.15) is 32.6 Å². The van der Waals surface area contributed by atoms with Crippen LogP contribution in [0.3, 0.4) is 0 Å². The Labute approximate surface area is 171 Å². The topological polar surface area (TPSA) is 26.3 Å². The maximum Gasteiger partial charge on any atom is 0.153 e. The van der Waals surface area contributed by atoms with E-state index in [4.69, 9.17) is 4.74 Å². The summed E-state index contributed by atoms with van der Waals surface area (Å²) >= 11 is 0. The van der Waals surface area contributed by atoms with Crippen molar-refractivity contribution in [2.75, 3.05) is 7.11 Å². The van der Waals surface area contributed by atoms with Crippen molar-refractivity contribution in [2.24, 2.45) is 0 Å². The fourth-order valence-electron chi connectivity index (χ4n) is 4.20. The molecule has 0 aliphatic carbocycles. The monoisotopic (exact) mass is 378 g/mol. The van der Waals surface area contributed by atoms with E-state index in [-0.39, 0.29) is 0 Å². The molecule has 0 atom stereocenters. The molecule has 0 N–H and O–H groups in total. The number of hydrogen-bond donors (Lipinski definition) is 0. The Balaban J connectivity index is 2.20. The lowest BCUT2D eigenvalue weighted by molar-refractivity contribution is 0.112. The van der Waals surface area contributed by atoms with Crippen LogP contribution in [0.25, 0.3) is 0 Å². The highest BCUT2D eigenvalue weighted by Crippen LogP contribution is 2.48. The van der Waals surface area contributed by atoms with Gasteiger partial charge in [0.15, 0.2) is 6.29 Å². The predicted molar refractivity (Wildman–Crippen MR) is 117 cm³/mol. The molecule has 0 aliphatic heterocycles. The molecule has 0 aromatic heterocycles. The molecule has 0 bridgehead atoms. The Morgan fingerprint density at radius 2 is 1.07 bits per heavy atom. The van der Waals surface area contributed by atoms with Gasteiger partial charge in [0, 0.05) is 5.56 Å². The number of ether oxygens (including phenoxy) is 1. The van der Waals surface area contributed by atoms with Crippen molar-refractivity contribution in [3.8, 4) is 5.75 Å². The van der Waals surface area contributed by atoms with Crippen LogP contribution in [0.15, 0.2) is 109 Å². The third kappa shape index (κ3) is 3.13. The van der Waals surface area contributed by atoms with Crippen molar-refractivity contribution in [1.29, 1.82) is 0 Å². The normalized spacial score (nSPS) is 11.1. The van der Waals surface area contributed by atoms with Crippen LogP contribution in [0.2, 0.25) is 0 Å². The smallest absolute Gasteiger partial charge is 0.153 e. The zero-order chi connectivity index (χ0) is 20.1. The summed E-state index contributed by atoms with van der Waals surface area (Å²) in [6.45, 7) is 0. The van der Waals surface area contributed by atoms with Gasteiger partial charge in [-0.1, -0.05) is 103 Å². The number of methoxy groups -OCH3 is 1. The van der Waals surface area contributed by atoms with Crippen LogP contribution < -0.4 is 4.74 Å². The molecule has 0 amide bonds. The van der Waals surface area contributed by atoms with Crippen LogP contribution >= 0.6 is 0 Å². The molecule has 4 aromatic carbocycles. The molecule has 0 saturated carbocycles. The summed E-state index contributed by atoms with van der Waals surface area (Å²) in [7, 11) is 1.62. The van der Waals surface area contributed by atoms with Crippen LogP contribution in [-0.2, 0) is 5.41 Å². The first-order valence-corrected chi connectivity index (χ1v) is 9.61. The fourth-order valence-corrected chi connectivity index (χ4v) is 4.20. The average Bonchev–Trinajstić information content (AvgIpc) is 2.81. The maximum atomic E-state index is 11.8. The number of benzene rings is 4. The van der Waals surface area contributed by atoms with E-state index in [2.05, 4.69) is 42.5 Å². The van der Waals surface area contributed by atoms with E-state index in [1.165, 1.54) is 0 Å². The summed E-state index contributed by atoms with van der Waals surface area (Å²) < 4.78 is 5.81. The van der Waals surface area contributed by atoms with Gasteiger partial charge >= 0.3 is 0 Å². The first kappa shape index (κ1) is 18.7. The van der Waals surface area contributed by atoms with Crippen LogP contribution in [0.4, 0.5) is 0 Å². The van der Waals surface area contributed by atoms with Gasteiger partial charge in [-0.2, -0.15) is 0 Å². The highest BCUT2D eigenvalue weighted by molar-refractivity contribution is 5.82. The highest BCUT2D eigenvalue weighted by atomic mass is 16.5. The lowest BCUT2D eigenvalue weighted by Gasteiger charge is -2.37. The summed E-state index contributed by atoms with van der Waals surface area (Å²) in [5.74, 6) is 0.596. The zero-order valence-electron chi connectivity index (χ0n) is 16.3. The Bertz CT molecular complexity index is 991. The lowest BCUT2D eigenvalue weighted by Crippen LogP contribution is -2.31. The third-order valence-electron chi connectivity index (χ3n) is 5.40. The molecular weight excluding hydrogens is 356 g/mol. The first-order valence-electron chi connectivity index (χ1n) is 9.61. The van der Waals surface area contributed by atoms with E-state index in [0.717, 1.165) is 28.5 Å². The molecule has 0 spiro atoms. The van der Waals surface area contributed by atoms with Gasteiger partial charge in [-0.25, -0.2) is 0 Å². The van der Waals surface area contributed by atoms with E-state index in [9.17, 15) is 4.79 Å². The second-order valence-corrected chi connectivity index (χ2v) is 6.89. The standard InChI is InChI=1S/C27H22O2/c1-29-26-21(20-28)12-11-19-25(26)27(22-13-5-2-6-14-22,23-15-7-3-8-16-23)24-17-9-4-10-18-24/h2-20H,1H3. The summed E-state index contributed by atoms with van der Waals surface area (Å²) in [5.41, 5.74) is 4.18. The highest BCUT2D eigenvalue weighted by Gasteiger charge is 2.40. The van der Waals surface area contributed by atoms with Crippen molar-refractivity contribution in [3.63, 3.8) is 0 Å². The number of carbonyl (C=O) groups is 1. The van der Waals surface area contributed by atoms with Gasteiger partial charge in [0.25, 0.3) is 0 Å². The van der Waals surface area contributed by atoms with Gasteiger partial charge in [-0.3, -0.25) is 4.79 Å². The van der Waals surface area contributed by atoms with Crippen LogP contribution in [0, 0.1) is 0 Å². The quantitative estimate of drug-likeness (QED) is 0.309. The summed E-state index contributed by atoms with van der Waals surface area (Å²) in [5, 5.41) is 0. The number of aldehydes is 1. The van der Waals surface area contributed by atoms with Crippen molar-refractivity contribution in [2.45, 2.75) is 5.41 Å². The van der Waals surface area contributed by atoms with Gasteiger partial charge in [0.1, 0.15) is 5.75 Å². The van der Waals surface area contributed by atoms with Gasteiger partial charge < -0.3 is 4.74 Å². The Morgan fingerprint density at radius 3 is 1.45 bits per heavy atom.